The lowest BCUT2D eigenvalue weighted by molar-refractivity contribution is -0.120. The van der Waals surface area contributed by atoms with E-state index >= 15 is 0 Å². The third kappa shape index (κ3) is 4.41. The minimum atomic E-state index is -0.0207. The molecule has 24 heavy (non-hydrogen) atoms. The molecular weight excluding hydrogens is 322 g/mol. The summed E-state index contributed by atoms with van der Waals surface area (Å²) in [7, 11) is 0. The van der Waals surface area contributed by atoms with Crippen LogP contribution in [0.1, 0.15) is 30.5 Å². The molecule has 6 heteroatoms. The molecule has 0 aliphatic carbocycles. The maximum atomic E-state index is 12.0. The highest BCUT2D eigenvalue weighted by atomic mass is 32.1. The number of amides is 2. The summed E-state index contributed by atoms with van der Waals surface area (Å²) in [4.78, 5) is 29.8. The van der Waals surface area contributed by atoms with Crippen LogP contribution >= 0.6 is 11.3 Å². The summed E-state index contributed by atoms with van der Waals surface area (Å²) < 4.78 is 0. The van der Waals surface area contributed by atoms with E-state index in [1.807, 2.05) is 23.6 Å². The number of thiazole rings is 1. The summed E-state index contributed by atoms with van der Waals surface area (Å²) >= 11 is 1.43. The SMILES string of the molecule is O=C(Cc1csc(N2CCCC2=O)n1)NCCCc1ccccc1. The van der Waals surface area contributed by atoms with Crippen molar-refractivity contribution in [2.24, 2.45) is 0 Å². The van der Waals surface area contributed by atoms with Gasteiger partial charge in [0.15, 0.2) is 5.13 Å². The molecule has 1 saturated heterocycles. The number of nitrogens with one attached hydrogen (secondary N) is 1. The fraction of sp³-hybridized carbons (Fsp3) is 0.389. The second kappa shape index (κ2) is 8.06. The first kappa shape index (κ1) is 16.6. The summed E-state index contributed by atoms with van der Waals surface area (Å²) in [5.74, 6) is 0.105. The van der Waals surface area contributed by atoms with E-state index in [0.29, 0.717) is 18.1 Å². The quantitative estimate of drug-likeness (QED) is 0.786. The Labute approximate surface area is 145 Å². The van der Waals surface area contributed by atoms with Crippen LogP contribution in [0.15, 0.2) is 35.7 Å². The molecule has 126 valence electrons. The van der Waals surface area contributed by atoms with E-state index in [-0.39, 0.29) is 18.2 Å². The van der Waals surface area contributed by atoms with Crippen molar-refractivity contribution < 1.29 is 9.59 Å². The second-order valence-electron chi connectivity index (χ2n) is 5.89. The van der Waals surface area contributed by atoms with Gasteiger partial charge in [0.05, 0.1) is 12.1 Å². The van der Waals surface area contributed by atoms with Crippen molar-refractivity contribution in [1.82, 2.24) is 10.3 Å². The molecule has 2 heterocycles. The lowest BCUT2D eigenvalue weighted by Gasteiger charge is -2.10. The number of nitrogens with zero attached hydrogens (tertiary/aromatic N) is 2. The predicted molar refractivity (Wildman–Crippen MR) is 95.2 cm³/mol. The Bertz CT molecular complexity index is 699. The molecule has 0 radical (unpaired) electrons. The van der Waals surface area contributed by atoms with Crippen LogP contribution in [0.3, 0.4) is 0 Å². The van der Waals surface area contributed by atoms with E-state index in [1.54, 1.807) is 4.90 Å². The first-order valence-corrected chi connectivity index (χ1v) is 9.16. The Hall–Kier alpha value is -2.21. The van der Waals surface area contributed by atoms with Gasteiger partial charge in [0, 0.05) is 24.9 Å². The smallest absolute Gasteiger partial charge is 0.228 e. The third-order valence-electron chi connectivity index (χ3n) is 3.99. The Morgan fingerprint density at radius 2 is 2.12 bits per heavy atom. The van der Waals surface area contributed by atoms with Crippen molar-refractivity contribution in [3.8, 4) is 0 Å². The maximum absolute atomic E-state index is 12.0. The molecule has 5 nitrogen and oxygen atoms in total. The van der Waals surface area contributed by atoms with Crippen molar-refractivity contribution in [2.75, 3.05) is 18.0 Å². The van der Waals surface area contributed by atoms with Gasteiger partial charge < -0.3 is 5.32 Å². The van der Waals surface area contributed by atoms with Crippen molar-refractivity contribution in [3.05, 3.63) is 47.0 Å². The van der Waals surface area contributed by atoms with Crippen molar-refractivity contribution in [3.63, 3.8) is 0 Å². The number of anilines is 1. The van der Waals surface area contributed by atoms with Gasteiger partial charge >= 0.3 is 0 Å². The standard InChI is InChI=1S/C18H21N3O2S/c22-16(19-10-4-8-14-6-2-1-3-7-14)12-15-13-24-18(20-15)21-11-5-9-17(21)23/h1-3,6-7,13H,4-5,8-12H2,(H,19,22). The van der Waals surface area contributed by atoms with Gasteiger partial charge in [-0.1, -0.05) is 30.3 Å². The van der Waals surface area contributed by atoms with Crippen LogP contribution < -0.4 is 10.2 Å². The first-order valence-electron chi connectivity index (χ1n) is 8.28. The zero-order chi connectivity index (χ0) is 16.8. The summed E-state index contributed by atoms with van der Waals surface area (Å²) in [5, 5.41) is 5.51. The zero-order valence-electron chi connectivity index (χ0n) is 13.5. The Balaban J connectivity index is 1.40. The zero-order valence-corrected chi connectivity index (χ0v) is 14.3. The highest BCUT2D eigenvalue weighted by Crippen LogP contribution is 2.25. The molecule has 1 aromatic carbocycles. The monoisotopic (exact) mass is 343 g/mol. The van der Waals surface area contributed by atoms with Gasteiger partial charge in [-0.15, -0.1) is 11.3 Å². The molecule has 0 atom stereocenters. The molecule has 0 spiro atoms. The summed E-state index contributed by atoms with van der Waals surface area (Å²) in [6.07, 6.45) is 3.62. The Morgan fingerprint density at radius 1 is 1.29 bits per heavy atom. The lowest BCUT2D eigenvalue weighted by Crippen LogP contribution is -2.27. The molecule has 0 unspecified atom stereocenters. The third-order valence-corrected chi connectivity index (χ3v) is 4.91. The maximum Gasteiger partial charge on any atom is 0.228 e. The Kier molecular flexibility index (Phi) is 5.59. The minimum Gasteiger partial charge on any atom is -0.356 e. The van der Waals surface area contributed by atoms with Gasteiger partial charge in [-0.2, -0.15) is 0 Å². The molecule has 1 N–H and O–H groups in total. The predicted octanol–water partition coefficient (Wildman–Crippen LogP) is 2.56. The van der Waals surface area contributed by atoms with Gasteiger partial charge in [-0.05, 0) is 24.8 Å². The molecule has 1 aliphatic rings. The number of rotatable bonds is 7. The number of hydrogen-bond acceptors (Lipinski definition) is 4. The van der Waals surface area contributed by atoms with Gasteiger partial charge in [-0.3, -0.25) is 14.5 Å². The number of hydrogen-bond donors (Lipinski definition) is 1. The first-order chi connectivity index (χ1) is 11.7. The van der Waals surface area contributed by atoms with Crippen LogP contribution in [-0.2, 0) is 22.4 Å². The Morgan fingerprint density at radius 3 is 2.88 bits per heavy atom. The van der Waals surface area contributed by atoms with Gasteiger partial charge in [0.25, 0.3) is 0 Å². The number of aryl methyl sites for hydroxylation is 1. The van der Waals surface area contributed by atoms with E-state index in [9.17, 15) is 9.59 Å². The average molecular weight is 343 g/mol. The molecular formula is C18H21N3O2S. The summed E-state index contributed by atoms with van der Waals surface area (Å²) in [6.45, 7) is 1.40. The van der Waals surface area contributed by atoms with E-state index in [2.05, 4.69) is 22.4 Å². The van der Waals surface area contributed by atoms with Crippen LogP contribution in [0, 0.1) is 0 Å². The highest BCUT2D eigenvalue weighted by molar-refractivity contribution is 7.14. The van der Waals surface area contributed by atoms with E-state index in [4.69, 9.17) is 0 Å². The fourth-order valence-electron chi connectivity index (χ4n) is 2.74. The second-order valence-corrected chi connectivity index (χ2v) is 6.72. The lowest BCUT2D eigenvalue weighted by atomic mass is 10.1. The molecule has 3 rings (SSSR count). The molecule has 1 aliphatic heterocycles. The van der Waals surface area contributed by atoms with Gasteiger partial charge in [0.1, 0.15) is 0 Å². The molecule has 1 aromatic heterocycles. The molecule has 2 amide bonds. The number of aromatic nitrogens is 1. The van der Waals surface area contributed by atoms with E-state index in [1.165, 1.54) is 16.9 Å². The van der Waals surface area contributed by atoms with Crippen molar-refractivity contribution in [2.45, 2.75) is 32.1 Å². The molecule has 0 saturated carbocycles. The summed E-state index contributed by atoms with van der Waals surface area (Å²) in [5.41, 5.74) is 2.02. The topological polar surface area (TPSA) is 62.3 Å². The van der Waals surface area contributed by atoms with Crippen LogP contribution in [0.25, 0.3) is 0 Å². The number of benzene rings is 1. The van der Waals surface area contributed by atoms with Crippen molar-refractivity contribution in [1.29, 1.82) is 0 Å². The average Bonchev–Trinajstić information content (AvgIpc) is 3.21. The van der Waals surface area contributed by atoms with Gasteiger partial charge in [-0.25, -0.2) is 4.98 Å². The number of carbonyl (C=O) groups is 2. The van der Waals surface area contributed by atoms with Crippen molar-refractivity contribution >= 4 is 28.3 Å². The van der Waals surface area contributed by atoms with E-state index in [0.717, 1.165) is 31.5 Å². The fourth-order valence-corrected chi connectivity index (χ4v) is 3.61. The van der Waals surface area contributed by atoms with Crippen LogP contribution in [0.5, 0.6) is 0 Å². The minimum absolute atomic E-state index is 0.0207. The van der Waals surface area contributed by atoms with Crippen LogP contribution in [-0.4, -0.2) is 29.9 Å². The molecule has 2 aromatic rings. The number of carbonyl (C=O) groups excluding carboxylic acids is 2. The largest absolute Gasteiger partial charge is 0.356 e. The summed E-state index contributed by atoms with van der Waals surface area (Å²) in [6, 6.07) is 10.2. The normalized spacial score (nSPS) is 14.2. The molecule has 0 bridgehead atoms. The van der Waals surface area contributed by atoms with Crippen LogP contribution in [0.4, 0.5) is 5.13 Å². The van der Waals surface area contributed by atoms with Crippen LogP contribution in [0.2, 0.25) is 0 Å². The van der Waals surface area contributed by atoms with Gasteiger partial charge in [0.2, 0.25) is 11.8 Å². The molecule has 1 fully saturated rings. The van der Waals surface area contributed by atoms with E-state index < -0.39 is 0 Å². The highest BCUT2D eigenvalue weighted by Gasteiger charge is 2.24.